The van der Waals surface area contributed by atoms with E-state index < -0.39 is 0 Å². The van der Waals surface area contributed by atoms with Crippen LogP contribution in [0.3, 0.4) is 0 Å². The Labute approximate surface area is 87.7 Å². The quantitative estimate of drug-likeness (QED) is 0.752. The van der Waals surface area contributed by atoms with Gasteiger partial charge >= 0.3 is 0 Å². The van der Waals surface area contributed by atoms with Gasteiger partial charge in [0, 0.05) is 19.2 Å². The maximum absolute atomic E-state index is 11.7. The third kappa shape index (κ3) is 2.36. The van der Waals surface area contributed by atoms with Crippen LogP contribution in [-0.4, -0.2) is 40.3 Å². The van der Waals surface area contributed by atoms with Gasteiger partial charge in [0.15, 0.2) is 0 Å². The van der Waals surface area contributed by atoms with Crippen LogP contribution in [0.5, 0.6) is 0 Å². The number of nitrogens with zero attached hydrogens (tertiary/aromatic N) is 2. The van der Waals surface area contributed by atoms with Crippen LogP contribution in [0.15, 0.2) is 10.6 Å². The lowest BCUT2D eigenvalue weighted by Crippen LogP contribution is -2.30. The molecule has 1 saturated heterocycles. The first-order valence-corrected chi connectivity index (χ1v) is 5.03. The van der Waals surface area contributed by atoms with Crippen LogP contribution in [0, 0.1) is 6.92 Å². The Kier molecular flexibility index (Phi) is 2.73. The molecule has 5 heteroatoms. The highest BCUT2D eigenvalue weighted by atomic mass is 16.5. The molecule has 82 valence electrons. The summed E-state index contributed by atoms with van der Waals surface area (Å²) in [6.45, 7) is 2.89. The van der Waals surface area contributed by atoms with Gasteiger partial charge in [-0.25, -0.2) is 0 Å². The number of aryl methyl sites for hydroxylation is 1. The highest BCUT2D eigenvalue weighted by Crippen LogP contribution is 2.11. The van der Waals surface area contributed by atoms with E-state index in [4.69, 9.17) is 4.52 Å². The molecule has 0 aromatic carbocycles. The number of likely N-dealkylation sites (tertiary alicyclic amines) is 1. The molecule has 2 heterocycles. The summed E-state index contributed by atoms with van der Waals surface area (Å²) in [5.74, 6) is 0.571. The molecule has 0 bridgehead atoms. The fourth-order valence-electron chi connectivity index (χ4n) is 1.73. The van der Waals surface area contributed by atoms with E-state index >= 15 is 0 Å². The second kappa shape index (κ2) is 4.02. The number of rotatable bonds is 2. The van der Waals surface area contributed by atoms with E-state index in [2.05, 4.69) is 5.16 Å². The Hall–Kier alpha value is -1.36. The van der Waals surface area contributed by atoms with Crippen LogP contribution in [0.25, 0.3) is 0 Å². The Morgan fingerprint density at radius 1 is 1.80 bits per heavy atom. The third-order valence-corrected chi connectivity index (χ3v) is 2.52. The van der Waals surface area contributed by atoms with Gasteiger partial charge < -0.3 is 14.5 Å². The second-order valence-corrected chi connectivity index (χ2v) is 3.89. The zero-order valence-corrected chi connectivity index (χ0v) is 8.64. The topological polar surface area (TPSA) is 66.6 Å². The van der Waals surface area contributed by atoms with E-state index in [0.717, 1.165) is 5.69 Å². The normalized spacial score (nSPS) is 20.9. The number of aliphatic hydroxyl groups is 1. The second-order valence-electron chi connectivity index (χ2n) is 3.89. The number of amides is 1. The van der Waals surface area contributed by atoms with Crippen molar-refractivity contribution in [3.05, 3.63) is 17.5 Å². The van der Waals surface area contributed by atoms with Crippen LogP contribution in [0.4, 0.5) is 0 Å². The van der Waals surface area contributed by atoms with Crippen LogP contribution in [-0.2, 0) is 11.2 Å². The van der Waals surface area contributed by atoms with Gasteiger partial charge in [-0.2, -0.15) is 0 Å². The molecular weight excluding hydrogens is 196 g/mol. The van der Waals surface area contributed by atoms with Crippen molar-refractivity contribution in [2.24, 2.45) is 0 Å². The zero-order chi connectivity index (χ0) is 10.8. The number of hydrogen-bond donors (Lipinski definition) is 1. The molecule has 1 aliphatic heterocycles. The lowest BCUT2D eigenvalue weighted by Gasteiger charge is -2.13. The molecule has 0 aliphatic carbocycles. The molecule has 0 spiro atoms. The van der Waals surface area contributed by atoms with Gasteiger partial charge in [0.05, 0.1) is 18.2 Å². The van der Waals surface area contributed by atoms with Gasteiger partial charge in [-0.3, -0.25) is 4.79 Å². The highest BCUT2D eigenvalue weighted by Gasteiger charge is 2.25. The minimum atomic E-state index is -0.370. The summed E-state index contributed by atoms with van der Waals surface area (Å²) >= 11 is 0. The Bertz CT molecular complexity index is 361. The van der Waals surface area contributed by atoms with Crippen LogP contribution < -0.4 is 0 Å². The molecule has 1 aromatic rings. The number of carbonyl (C=O) groups excluding carboxylic acids is 1. The average molecular weight is 210 g/mol. The molecular formula is C10H14N2O3. The minimum absolute atomic E-state index is 0.0114. The predicted octanol–water partition coefficient (Wildman–Crippen LogP) is 0.119. The summed E-state index contributed by atoms with van der Waals surface area (Å²) in [6.07, 6.45) is 0.528. The molecule has 1 amide bonds. The first kappa shape index (κ1) is 10.2. The van der Waals surface area contributed by atoms with Crippen LogP contribution in [0.1, 0.15) is 17.9 Å². The summed E-state index contributed by atoms with van der Waals surface area (Å²) in [5.41, 5.74) is 0.777. The third-order valence-electron chi connectivity index (χ3n) is 2.52. The smallest absolute Gasteiger partial charge is 0.230 e. The standard InChI is InChI=1S/C10H14N2O3/c1-7-4-9(15-11-7)5-10(14)12-3-2-8(13)6-12/h4,8,13H,2-3,5-6H2,1H3. The number of hydrogen-bond acceptors (Lipinski definition) is 4. The molecule has 0 saturated carbocycles. The average Bonchev–Trinajstić information content (AvgIpc) is 2.75. The molecule has 15 heavy (non-hydrogen) atoms. The van der Waals surface area contributed by atoms with E-state index in [1.165, 1.54) is 0 Å². The number of aliphatic hydroxyl groups excluding tert-OH is 1. The van der Waals surface area contributed by atoms with Crippen molar-refractivity contribution in [2.45, 2.75) is 25.9 Å². The molecule has 1 aromatic heterocycles. The first-order valence-electron chi connectivity index (χ1n) is 5.03. The molecule has 1 unspecified atom stereocenters. The number of β-amino-alcohol motifs (C(OH)–C–C–N with tert-alkyl or cyclic N) is 1. The van der Waals surface area contributed by atoms with Crippen molar-refractivity contribution >= 4 is 5.91 Å². The van der Waals surface area contributed by atoms with Crippen molar-refractivity contribution in [3.63, 3.8) is 0 Å². The van der Waals surface area contributed by atoms with Crippen LogP contribution in [0.2, 0.25) is 0 Å². The zero-order valence-electron chi connectivity index (χ0n) is 8.64. The van der Waals surface area contributed by atoms with Gasteiger partial charge in [0.1, 0.15) is 5.76 Å². The summed E-state index contributed by atoms with van der Waals surface area (Å²) in [7, 11) is 0. The number of carbonyl (C=O) groups is 1. The van der Waals surface area contributed by atoms with E-state index in [0.29, 0.717) is 25.3 Å². The van der Waals surface area contributed by atoms with Crippen molar-refractivity contribution in [1.29, 1.82) is 0 Å². The molecule has 1 atom stereocenters. The van der Waals surface area contributed by atoms with Gasteiger partial charge in [0.25, 0.3) is 0 Å². The lowest BCUT2D eigenvalue weighted by molar-refractivity contribution is -0.130. The molecule has 1 N–H and O–H groups in total. The minimum Gasteiger partial charge on any atom is -0.391 e. The van der Waals surface area contributed by atoms with Crippen molar-refractivity contribution in [1.82, 2.24) is 10.1 Å². The van der Waals surface area contributed by atoms with Crippen molar-refractivity contribution in [3.8, 4) is 0 Å². The Balaban J connectivity index is 1.92. The predicted molar refractivity (Wildman–Crippen MR) is 52.1 cm³/mol. The summed E-state index contributed by atoms with van der Waals surface area (Å²) in [4.78, 5) is 13.4. The Morgan fingerprint density at radius 3 is 3.13 bits per heavy atom. The maximum atomic E-state index is 11.7. The fourth-order valence-corrected chi connectivity index (χ4v) is 1.73. The summed E-state index contributed by atoms with van der Waals surface area (Å²) < 4.78 is 4.96. The van der Waals surface area contributed by atoms with Gasteiger partial charge in [-0.1, -0.05) is 5.16 Å². The van der Waals surface area contributed by atoms with Crippen molar-refractivity contribution in [2.75, 3.05) is 13.1 Å². The SMILES string of the molecule is Cc1cc(CC(=O)N2CCC(O)C2)on1. The molecule has 1 fully saturated rings. The number of aromatic nitrogens is 1. The first-order chi connectivity index (χ1) is 7.15. The largest absolute Gasteiger partial charge is 0.391 e. The van der Waals surface area contributed by atoms with Gasteiger partial charge in [0.2, 0.25) is 5.91 Å². The van der Waals surface area contributed by atoms with Crippen LogP contribution >= 0.6 is 0 Å². The molecule has 5 nitrogen and oxygen atoms in total. The molecule has 2 rings (SSSR count). The van der Waals surface area contributed by atoms with E-state index in [1.54, 1.807) is 11.0 Å². The van der Waals surface area contributed by atoms with E-state index in [9.17, 15) is 9.90 Å². The molecule has 0 radical (unpaired) electrons. The van der Waals surface area contributed by atoms with E-state index in [1.807, 2.05) is 6.92 Å². The summed E-state index contributed by atoms with van der Waals surface area (Å²) in [6, 6.07) is 1.75. The maximum Gasteiger partial charge on any atom is 0.230 e. The van der Waals surface area contributed by atoms with Gasteiger partial charge in [-0.15, -0.1) is 0 Å². The summed E-state index contributed by atoms with van der Waals surface area (Å²) in [5, 5.41) is 13.0. The van der Waals surface area contributed by atoms with E-state index in [-0.39, 0.29) is 18.4 Å². The highest BCUT2D eigenvalue weighted by molar-refractivity contribution is 5.78. The van der Waals surface area contributed by atoms with Crippen molar-refractivity contribution < 1.29 is 14.4 Å². The monoisotopic (exact) mass is 210 g/mol. The Morgan fingerprint density at radius 2 is 2.60 bits per heavy atom. The molecule has 1 aliphatic rings. The lowest BCUT2D eigenvalue weighted by atomic mass is 10.3. The van der Waals surface area contributed by atoms with Gasteiger partial charge in [-0.05, 0) is 13.3 Å². The fraction of sp³-hybridized carbons (Fsp3) is 0.600.